The van der Waals surface area contributed by atoms with Gasteiger partial charge in [-0.05, 0) is 65.5 Å². The number of hydrogen-bond donors (Lipinski definition) is 0. The second kappa shape index (κ2) is 9.46. The van der Waals surface area contributed by atoms with Crippen LogP contribution in [0, 0.1) is 0 Å². The van der Waals surface area contributed by atoms with Gasteiger partial charge in [0.05, 0.1) is 33.3 Å². The maximum absolute atomic E-state index is 6.69. The molecule has 3 aromatic heterocycles. The van der Waals surface area contributed by atoms with Crippen molar-refractivity contribution in [3.8, 4) is 34.4 Å². The lowest BCUT2D eigenvalue weighted by atomic mass is 9.35. The standard InChI is InChI=1S/C43H25BN4O2/c1-2-12-26(13-3-1)46-32-17-7-4-14-28(32)29-22-23-35-41(42(29)46)45-43-47(33-18-8-9-19-34(33)48(35)43)27-24-38-40-39(25-27)50-37-21-11-6-16-31(37)44(40)30-15-5-10-20-36(30)49-38/h1-25H. The van der Waals surface area contributed by atoms with Crippen molar-refractivity contribution in [1.82, 2.24) is 18.5 Å². The average molecular weight is 641 g/mol. The number of rotatable bonds is 2. The summed E-state index contributed by atoms with van der Waals surface area (Å²) in [6, 6.07) is 53.2. The lowest BCUT2D eigenvalue weighted by Crippen LogP contribution is -2.57. The van der Waals surface area contributed by atoms with E-state index >= 15 is 0 Å². The molecular formula is C43H25BN4O2. The van der Waals surface area contributed by atoms with Gasteiger partial charge in [-0.15, -0.1) is 0 Å². The monoisotopic (exact) mass is 640 g/mol. The highest BCUT2D eigenvalue weighted by atomic mass is 16.5. The van der Waals surface area contributed by atoms with Gasteiger partial charge in [0.1, 0.15) is 28.5 Å². The zero-order chi connectivity index (χ0) is 32.5. The molecule has 7 aromatic carbocycles. The zero-order valence-corrected chi connectivity index (χ0v) is 26.6. The summed E-state index contributed by atoms with van der Waals surface area (Å²) in [5.74, 6) is 4.17. The van der Waals surface area contributed by atoms with E-state index < -0.39 is 0 Å². The molecule has 0 saturated heterocycles. The maximum Gasteiger partial charge on any atom is 0.260 e. The Morgan fingerprint density at radius 1 is 0.460 bits per heavy atom. The van der Waals surface area contributed by atoms with Gasteiger partial charge in [-0.2, -0.15) is 0 Å². The minimum absolute atomic E-state index is 0.0209. The second-order valence-electron chi connectivity index (χ2n) is 13.2. The largest absolute Gasteiger partial charge is 0.458 e. The van der Waals surface area contributed by atoms with Crippen LogP contribution in [-0.4, -0.2) is 25.2 Å². The summed E-state index contributed by atoms with van der Waals surface area (Å²) in [5, 5.41) is 2.38. The Balaban J connectivity index is 1.18. The highest BCUT2D eigenvalue weighted by Crippen LogP contribution is 2.41. The van der Waals surface area contributed by atoms with Gasteiger partial charge in [-0.1, -0.05) is 84.9 Å². The van der Waals surface area contributed by atoms with Crippen LogP contribution in [0.4, 0.5) is 0 Å². The SMILES string of the molecule is c1ccc(-n2c3ccccc3c3ccc4c(nc5n(-c6cc7c8c(c6)Oc6ccccc6B8c6ccccc6O7)c6ccccc6n45)c32)cc1. The third kappa shape index (κ3) is 3.31. The molecule has 232 valence electrons. The number of benzene rings is 7. The van der Waals surface area contributed by atoms with E-state index in [9.17, 15) is 0 Å². The Kier molecular flexibility index (Phi) is 4.96. The molecule has 6 nitrogen and oxygen atoms in total. The number of aromatic nitrogens is 4. The third-order valence-corrected chi connectivity index (χ3v) is 10.6. The Morgan fingerprint density at radius 3 is 1.82 bits per heavy atom. The van der Waals surface area contributed by atoms with Gasteiger partial charge < -0.3 is 14.0 Å². The molecule has 0 atom stereocenters. The molecule has 2 aliphatic heterocycles. The molecule has 0 bridgehead atoms. The van der Waals surface area contributed by atoms with Crippen LogP contribution in [0.2, 0.25) is 0 Å². The van der Waals surface area contributed by atoms with Crippen LogP contribution in [0.5, 0.6) is 23.0 Å². The van der Waals surface area contributed by atoms with Gasteiger partial charge in [0.25, 0.3) is 6.71 Å². The van der Waals surface area contributed by atoms with Gasteiger partial charge in [-0.25, -0.2) is 4.98 Å². The first-order valence-corrected chi connectivity index (χ1v) is 16.9. The number of hydrogen-bond acceptors (Lipinski definition) is 3. The fourth-order valence-corrected chi connectivity index (χ4v) is 8.52. The lowest BCUT2D eigenvalue weighted by Gasteiger charge is -2.33. The maximum atomic E-state index is 6.69. The Labute approximate surface area is 286 Å². The zero-order valence-electron chi connectivity index (χ0n) is 26.6. The molecule has 0 unspecified atom stereocenters. The van der Waals surface area contributed by atoms with Crippen molar-refractivity contribution >= 4 is 72.8 Å². The molecule has 50 heavy (non-hydrogen) atoms. The molecule has 7 heteroatoms. The smallest absolute Gasteiger partial charge is 0.260 e. The number of imidazole rings is 2. The predicted octanol–water partition coefficient (Wildman–Crippen LogP) is 8.26. The summed E-state index contributed by atoms with van der Waals surface area (Å²) in [5.41, 5.74) is 11.8. The van der Waals surface area contributed by atoms with Gasteiger partial charge in [-0.3, -0.25) is 8.97 Å². The fourth-order valence-electron chi connectivity index (χ4n) is 8.52. The van der Waals surface area contributed by atoms with Crippen molar-refractivity contribution in [3.05, 3.63) is 152 Å². The van der Waals surface area contributed by atoms with Crippen LogP contribution in [0.3, 0.4) is 0 Å². The van der Waals surface area contributed by atoms with Crippen LogP contribution in [0.15, 0.2) is 152 Å². The first-order valence-electron chi connectivity index (χ1n) is 16.9. The van der Waals surface area contributed by atoms with E-state index in [1.807, 2.05) is 12.1 Å². The van der Waals surface area contributed by atoms with Crippen molar-refractivity contribution in [3.63, 3.8) is 0 Å². The number of ether oxygens (including phenoxy) is 2. The fraction of sp³-hybridized carbons (Fsp3) is 0. The third-order valence-electron chi connectivity index (χ3n) is 10.6. The molecule has 0 amide bonds. The molecule has 0 fully saturated rings. The van der Waals surface area contributed by atoms with E-state index in [2.05, 4.69) is 153 Å². The number of para-hydroxylation sites is 6. The van der Waals surface area contributed by atoms with E-state index in [1.54, 1.807) is 0 Å². The van der Waals surface area contributed by atoms with Gasteiger partial charge in [0.15, 0.2) is 0 Å². The predicted molar refractivity (Wildman–Crippen MR) is 202 cm³/mol. The number of nitrogens with zero attached hydrogens (tertiary/aromatic N) is 4. The van der Waals surface area contributed by atoms with Crippen LogP contribution >= 0.6 is 0 Å². The molecule has 5 heterocycles. The summed E-state index contributed by atoms with van der Waals surface area (Å²) in [4.78, 5) is 5.53. The molecular weight excluding hydrogens is 615 g/mol. The van der Waals surface area contributed by atoms with E-state index in [1.165, 1.54) is 10.8 Å². The summed E-state index contributed by atoms with van der Waals surface area (Å²) in [7, 11) is 0. The second-order valence-corrected chi connectivity index (χ2v) is 13.2. The van der Waals surface area contributed by atoms with Crippen LogP contribution in [0.25, 0.3) is 61.0 Å². The highest BCUT2D eigenvalue weighted by molar-refractivity contribution is 6.98. The van der Waals surface area contributed by atoms with Crippen LogP contribution in [-0.2, 0) is 0 Å². The molecule has 12 rings (SSSR count). The van der Waals surface area contributed by atoms with E-state index in [-0.39, 0.29) is 6.71 Å². The Hall–Kier alpha value is -6.73. The molecule has 0 radical (unpaired) electrons. The topological polar surface area (TPSA) is 45.6 Å². The van der Waals surface area contributed by atoms with Crippen molar-refractivity contribution < 1.29 is 9.47 Å². The molecule has 0 N–H and O–H groups in total. The van der Waals surface area contributed by atoms with Crippen molar-refractivity contribution in [1.29, 1.82) is 0 Å². The molecule has 0 spiro atoms. The summed E-state index contributed by atoms with van der Waals surface area (Å²) in [6.07, 6.45) is 0. The van der Waals surface area contributed by atoms with Gasteiger partial charge in [0.2, 0.25) is 5.78 Å². The summed E-state index contributed by atoms with van der Waals surface area (Å²) in [6.45, 7) is 0.0209. The molecule has 0 saturated carbocycles. The van der Waals surface area contributed by atoms with E-state index in [4.69, 9.17) is 14.5 Å². The van der Waals surface area contributed by atoms with Crippen molar-refractivity contribution in [2.24, 2.45) is 0 Å². The summed E-state index contributed by atoms with van der Waals surface area (Å²) < 4.78 is 20.3. The molecule has 0 aliphatic carbocycles. The highest BCUT2D eigenvalue weighted by Gasteiger charge is 2.40. The van der Waals surface area contributed by atoms with Gasteiger partial charge >= 0.3 is 0 Å². The minimum Gasteiger partial charge on any atom is -0.458 e. The van der Waals surface area contributed by atoms with E-state index in [0.717, 1.165) is 89.6 Å². The van der Waals surface area contributed by atoms with E-state index in [0.29, 0.717) is 0 Å². The van der Waals surface area contributed by atoms with Crippen molar-refractivity contribution in [2.75, 3.05) is 0 Å². The minimum atomic E-state index is 0.0209. The summed E-state index contributed by atoms with van der Waals surface area (Å²) >= 11 is 0. The Bertz CT molecular complexity index is 2990. The molecule has 2 aliphatic rings. The quantitative estimate of drug-likeness (QED) is 0.179. The first-order chi connectivity index (χ1) is 24.8. The number of fused-ring (bicyclic) bond motifs is 13. The lowest BCUT2D eigenvalue weighted by molar-refractivity contribution is 0.464. The van der Waals surface area contributed by atoms with Crippen LogP contribution in [0.1, 0.15) is 0 Å². The molecule has 10 aromatic rings. The normalized spacial score (nSPS) is 13.1. The average Bonchev–Trinajstić information content (AvgIpc) is 3.82. The van der Waals surface area contributed by atoms with Crippen LogP contribution < -0.4 is 25.9 Å². The first kappa shape index (κ1) is 26.3. The Morgan fingerprint density at radius 2 is 1.08 bits per heavy atom. The van der Waals surface area contributed by atoms with Gasteiger partial charge in [0, 0.05) is 34.1 Å². The van der Waals surface area contributed by atoms with Crippen molar-refractivity contribution in [2.45, 2.75) is 0 Å².